The molecule has 0 saturated carbocycles. The normalized spacial score (nSPS) is 24.5. The summed E-state index contributed by atoms with van der Waals surface area (Å²) in [6.07, 6.45) is 7.47. The number of nitrogens with one attached hydrogen (secondary N) is 1. The van der Waals surface area contributed by atoms with E-state index < -0.39 is 0 Å². The molecule has 18 heavy (non-hydrogen) atoms. The predicted molar refractivity (Wildman–Crippen MR) is 77.6 cm³/mol. The average Bonchev–Trinajstić information content (AvgIpc) is 2.85. The number of rotatable bonds is 3. The first kappa shape index (κ1) is 12.3. The number of fused-ring (bicyclic) bond motifs is 1. The molecule has 1 aromatic carbocycles. The van der Waals surface area contributed by atoms with E-state index in [4.69, 9.17) is 5.84 Å². The topological polar surface area (TPSA) is 38.0 Å². The van der Waals surface area contributed by atoms with Crippen LogP contribution in [0.25, 0.3) is 0 Å². The number of nitrogens with two attached hydrogens (primary N) is 1. The van der Waals surface area contributed by atoms with Crippen molar-refractivity contribution in [3.63, 3.8) is 0 Å². The summed E-state index contributed by atoms with van der Waals surface area (Å²) in [5.74, 6) is 7.51. The zero-order valence-corrected chi connectivity index (χ0v) is 11.4. The van der Waals surface area contributed by atoms with Crippen LogP contribution in [0.4, 0.5) is 0 Å². The van der Waals surface area contributed by atoms with Gasteiger partial charge in [-0.3, -0.25) is 11.3 Å². The molecule has 0 bridgehead atoms. The summed E-state index contributed by atoms with van der Waals surface area (Å²) in [6, 6.07) is 9.07. The molecule has 96 valence electrons. The van der Waals surface area contributed by atoms with Crippen LogP contribution in [0.2, 0.25) is 0 Å². The van der Waals surface area contributed by atoms with Crippen molar-refractivity contribution in [2.24, 2.45) is 5.84 Å². The van der Waals surface area contributed by atoms with E-state index in [2.05, 4.69) is 35.8 Å². The molecule has 2 nitrogen and oxygen atoms in total. The summed E-state index contributed by atoms with van der Waals surface area (Å²) < 4.78 is 0. The summed E-state index contributed by atoms with van der Waals surface area (Å²) in [5, 5.41) is 0. The number of benzene rings is 1. The van der Waals surface area contributed by atoms with E-state index >= 15 is 0 Å². The fraction of sp³-hybridized carbons (Fsp3) is 0.467. The van der Waals surface area contributed by atoms with Crippen molar-refractivity contribution in [3.05, 3.63) is 41.5 Å². The molecule has 2 unspecified atom stereocenters. The lowest BCUT2D eigenvalue weighted by atomic mass is 9.84. The predicted octanol–water partition coefficient (Wildman–Crippen LogP) is 3.21. The van der Waals surface area contributed by atoms with Crippen molar-refractivity contribution in [1.82, 2.24) is 5.43 Å². The van der Waals surface area contributed by atoms with Crippen molar-refractivity contribution < 1.29 is 0 Å². The molecule has 0 aromatic heterocycles. The summed E-state index contributed by atoms with van der Waals surface area (Å²) >= 11 is 1.96. The Labute approximate surface area is 113 Å². The first-order chi connectivity index (χ1) is 8.90. The monoisotopic (exact) mass is 260 g/mol. The molecule has 1 aliphatic heterocycles. The Morgan fingerprint density at radius 3 is 2.94 bits per heavy atom. The van der Waals surface area contributed by atoms with Crippen LogP contribution in [0.5, 0.6) is 0 Å². The summed E-state index contributed by atoms with van der Waals surface area (Å²) in [6.45, 7) is 0. The van der Waals surface area contributed by atoms with E-state index in [9.17, 15) is 0 Å². The Bertz CT molecular complexity index is 456. The Hall–Kier alpha value is -0.770. The Kier molecular flexibility index (Phi) is 3.73. The maximum absolute atomic E-state index is 5.84. The van der Waals surface area contributed by atoms with Crippen LogP contribution >= 0.6 is 11.8 Å². The molecule has 1 aromatic rings. The van der Waals surface area contributed by atoms with Gasteiger partial charge in [-0.05, 0) is 37.3 Å². The van der Waals surface area contributed by atoms with Gasteiger partial charge in [0.15, 0.2) is 0 Å². The van der Waals surface area contributed by atoms with Crippen LogP contribution in [-0.4, -0.2) is 11.8 Å². The molecule has 3 N–H and O–H groups in total. The second kappa shape index (κ2) is 5.47. The molecule has 0 radical (unpaired) electrons. The Morgan fingerprint density at radius 2 is 2.17 bits per heavy atom. The van der Waals surface area contributed by atoms with Crippen LogP contribution < -0.4 is 11.3 Å². The molecule has 0 saturated heterocycles. The molecule has 1 aliphatic carbocycles. The van der Waals surface area contributed by atoms with Crippen molar-refractivity contribution in [1.29, 1.82) is 0 Å². The summed E-state index contributed by atoms with van der Waals surface area (Å²) in [7, 11) is 0. The van der Waals surface area contributed by atoms with Gasteiger partial charge in [0.1, 0.15) is 0 Å². The van der Waals surface area contributed by atoms with E-state index in [1.807, 2.05) is 11.8 Å². The van der Waals surface area contributed by atoms with Crippen LogP contribution in [0.3, 0.4) is 0 Å². The van der Waals surface area contributed by atoms with Crippen molar-refractivity contribution >= 4 is 11.8 Å². The van der Waals surface area contributed by atoms with Gasteiger partial charge in [-0.2, -0.15) is 0 Å². The molecular weight excluding hydrogens is 240 g/mol. The van der Waals surface area contributed by atoms with E-state index in [0.29, 0.717) is 12.0 Å². The number of allylic oxidation sites excluding steroid dienone is 1. The van der Waals surface area contributed by atoms with Crippen LogP contribution in [0, 0.1) is 0 Å². The third-order valence-corrected chi connectivity index (χ3v) is 5.25. The van der Waals surface area contributed by atoms with Gasteiger partial charge in [0.05, 0.1) is 0 Å². The van der Waals surface area contributed by atoms with E-state index in [-0.39, 0.29) is 0 Å². The van der Waals surface area contributed by atoms with E-state index in [1.165, 1.54) is 41.7 Å². The smallest absolute Gasteiger partial charge is 0.0496 e. The zero-order valence-electron chi connectivity index (χ0n) is 10.6. The molecule has 0 fully saturated rings. The standard InChI is InChI=1S/C15H20N2S/c16-17-15(11-6-2-1-3-7-11)13-10-18-14-9-5-4-8-12(13)14/h4-6,8-9,13,15,17H,1-3,7,10,16H2. The quantitative estimate of drug-likeness (QED) is 0.498. The lowest BCUT2D eigenvalue weighted by molar-refractivity contribution is 0.491. The molecule has 1 heterocycles. The van der Waals surface area contributed by atoms with Gasteiger partial charge in [-0.15, -0.1) is 11.8 Å². The van der Waals surface area contributed by atoms with Gasteiger partial charge >= 0.3 is 0 Å². The molecule has 2 aliphatic rings. The minimum absolute atomic E-state index is 0.321. The number of thioether (sulfide) groups is 1. The highest BCUT2D eigenvalue weighted by atomic mass is 32.2. The summed E-state index contributed by atoms with van der Waals surface area (Å²) in [5.41, 5.74) is 6.06. The van der Waals surface area contributed by atoms with Crippen LogP contribution in [-0.2, 0) is 0 Å². The second-order valence-corrected chi connectivity index (χ2v) is 6.19. The van der Waals surface area contributed by atoms with Gasteiger partial charge in [-0.25, -0.2) is 0 Å². The van der Waals surface area contributed by atoms with E-state index in [1.54, 1.807) is 0 Å². The fourth-order valence-corrected chi connectivity index (χ4v) is 4.38. The first-order valence-corrected chi connectivity index (χ1v) is 7.75. The maximum atomic E-state index is 5.84. The van der Waals surface area contributed by atoms with Gasteiger partial charge in [0, 0.05) is 22.6 Å². The largest absolute Gasteiger partial charge is 0.271 e. The fourth-order valence-electron chi connectivity index (χ4n) is 3.09. The third-order valence-electron chi connectivity index (χ3n) is 4.04. The first-order valence-electron chi connectivity index (χ1n) is 6.77. The molecular formula is C15H20N2S. The van der Waals surface area contributed by atoms with Crippen LogP contribution in [0.1, 0.15) is 37.2 Å². The van der Waals surface area contributed by atoms with Crippen molar-refractivity contribution in [2.45, 2.75) is 42.5 Å². The van der Waals surface area contributed by atoms with E-state index in [0.717, 1.165) is 5.75 Å². The molecule has 3 heteroatoms. The second-order valence-electron chi connectivity index (χ2n) is 5.12. The van der Waals surface area contributed by atoms with Gasteiger partial charge in [0.25, 0.3) is 0 Å². The average molecular weight is 260 g/mol. The van der Waals surface area contributed by atoms with Crippen LogP contribution in [0.15, 0.2) is 40.8 Å². The Morgan fingerprint density at radius 1 is 1.28 bits per heavy atom. The highest BCUT2D eigenvalue weighted by Gasteiger charge is 2.31. The van der Waals surface area contributed by atoms with Crippen molar-refractivity contribution in [3.8, 4) is 0 Å². The Balaban J connectivity index is 1.87. The molecule has 0 amide bonds. The van der Waals surface area contributed by atoms with Gasteiger partial charge < -0.3 is 0 Å². The minimum Gasteiger partial charge on any atom is -0.271 e. The van der Waals surface area contributed by atoms with Crippen molar-refractivity contribution in [2.75, 3.05) is 5.75 Å². The zero-order chi connectivity index (χ0) is 12.4. The van der Waals surface area contributed by atoms with Gasteiger partial charge in [-0.1, -0.05) is 29.8 Å². The molecule has 0 spiro atoms. The lowest BCUT2D eigenvalue weighted by Gasteiger charge is -2.28. The molecule has 2 atom stereocenters. The maximum Gasteiger partial charge on any atom is 0.0496 e. The number of hydrazine groups is 1. The number of hydrogen-bond acceptors (Lipinski definition) is 3. The molecule has 3 rings (SSSR count). The SMILES string of the molecule is NNC(C1=CCCCC1)C1CSc2ccccc21. The summed E-state index contributed by atoms with van der Waals surface area (Å²) in [4.78, 5) is 1.43. The third kappa shape index (κ3) is 2.22. The highest BCUT2D eigenvalue weighted by molar-refractivity contribution is 7.99. The highest BCUT2D eigenvalue weighted by Crippen LogP contribution is 2.43. The number of hydrogen-bond donors (Lipinski definition) is 2. The lowest BCUT2D eigenvalue weighted by Crippen LogP contribution is -2.41. The minimum atomic E-state index is 0.321. The van der Waals surface area contributed by atoms with Gasteiger partial charge in [0.2, 0.25) is 0 Å².